The maximum Gasteiger partial charge on any atom is 0.275 e. The van der Waals surface area contributed by atoms with Crippen molar-refractivity contribution >= 4 is 28.3 Å². The molecule has 0 radical (unpaired) electrons. The third kappa shape index (κ3) is 3.87. The minimum atomic E-state index is -0.332. The zero-order valence-electron chi connectivity index (χ0n) is 14.3. The molecule has 0 fully saturated rings. The van der Waals surface area contributed by atoms with Gasteiger partial charge in [0, 0.05) is 30.5 Å². The summed E-state index contributed by atoms with van der Waals surface area (Å²) in [7, 11) is 0. The van der Waals surface area contributed by atoms with Crippen LogP contribution in [-0.2, 0) is 6.54 Å². The van der Waals surface area contributed by atoms with Gasteiger partial charge in [-0.3, -0.25) is 14.8 Å². The second kappa shape index (κ2) is 7.57. The second-order valence-electron chi connectivity index (χ2n) is 5.83. The van der Waals surface area contributed by atoms with Gasteiger partial charge < -0.3 is 10.6 Å². The summed E-state index contributed by atoms with van der Waals surface area (Å²) in [4.78, 5) is 29.2. The first kappa shape index (κ1) is 16.6. The van der Waals surface area contributed by atoms with Gasteiger partial charge in [-0.05, 0) is 29.8 Å². The van der Waals surface area contributed by atoms with Crippen molar-refractivity contribution in [3.63, 3.8) is 0 Å². The monoisotopic (exact) mass is 356 g/mol. The van der Waals surface area contributed by atoms with Crippen LogP contribution in [0.3, 0.4) is 0 Å². The fourth-order valence-electron chi connectivity index (χ4n) is 2.62. The van der Waals surface area contributed by atoms with Crippen molar-refractivity contribution in [2.24, 2.45) is 0 Å². The van der Waals surface area contributed by atoms with Crippen molar-refractivity contribution in [2.75, 3.05) is 10.6 Å². The highest BCUT2D eigenvalue weighted by Gasteiger charge is 2.11. The number of pyridine rings is 2. The van der Waals surface area contributed by atoms with Crippen LogP contribution in [0.1, 0.15) is 16.1 Å². The van der Waals surface area contributed by atoms with Crippen LogP contribution in [0.5, 0.6) is 0 Å². The molecule has 3 heterocycles. The Kier molecular flexibility index (Phi) is 4.65. The molecule has 0 aliphatic rings. The molecule has 0 atom stereocenters. The van der Waals surface area contributed by atoms with Crippen LogP contribution in [0.4, 0.5) is 11.5 Å². The molecule has 132 valence electrons. The predicted octanol–water partition coefficient (Wildman–Crippen LogP) is 3.28. The van der Waals surface area contributed by atoms with E-state index in [0.717, 1.165) is 16.5 Å². The number of fused-ring (bicyclic) bond motifs is 1. The Morgan fingerprint density at radius 1 is 0.889 bits per heavy atom. The van der Waals surface area contributed by atoms with Crippen LogP contribution in [0.2, 0.25) is 0 Å². The quantitative estimate of drug-likeness (QED) is 0.570. The molecule has 0 aliphatic carbocycles. The van der Waals surface area contributed by atoms with E-state index in [9.17, 15) is 4.79 Å². The summed E-state index contributed by atoms with van der Waals surface area (Å²) in [6.07, 6.45) is 8.15. The third-order valence-electron chi connectivity index (χ3n) is 3.99. The molecule has 7 heteroatoms. The highest BCUT2D eigenvalue weighted by molar-refractivity contribution is 6.07. The lowest BCUT2D eigenvalue weighted by atomic mass is 10.2. The average Bonchev–Trinajstić information content (AvgIpc) is 2.74. The fourth-order valence-corrected chi connectivity index (χ4v) is 2.62. The summed E-state index contributed by atoms with van der Waals surface area (Å²) < 4.78 is 0. The predicted molar refractivity (Wildman–Crippen MR) is 103 cm³/mol. The maximum atomic E-state index is 12.5. The number of rotatable bonds is 5. The van der Waals surface area contributed by atoms with Crippen molar-refractivity contribution in [2.45, 2.75) is 6.54 Å². The second-order valence-corrected chi connectivity index (χ2v) is 5.83. The van der Waals surface area contributed by atoms with Crippen LogP contribution in [0, 0.1) is 0 Å². The van der Waals surface area contributed by atoms with Gasteiger partial charge in [0.2, 0.25) is 0 Å². The Morgan fingerprint density at radius 3 is 2.56 bits per heavy atom. The van der Waals surface area contributed by atoms with Gasteiger partial charge in [-0.1, -0.05) is 18.2 Å². The molecule has 1 aromatic carbocycles. The van der Waals surface area contributed by atoms with E-state index in [1.807, 2.05) is 42.5 Å². The van der Waals surface area contributed by atoms with E-state index in [-0.39, 0.29) is 11.6 Å². The molecular formula is C20H16N6O. The van der Waals surface area contributed by atoms with Crippen LogP contribution in [0.25, 0.3) is 10.9 Å². The SMILES string of the molecule is O=C(Nc1cccc2cccnc12)c1cnc(NCc2ccncc2)cn1. The number of anilines is 2. The highest BCUT2D eigenvalue weighted by atomic mass is 16.1. The Bertz CT molecular complexity index is 1060. The van der Waals surface area contributed by atoms with Crippen molar-refractivity contribution in [1.82, 2.24) is 19.9 Å². The fraction of sp³-hybridized carbons (Fsp3) is 0.0500. The summed E-state index contributed by atoms with van der Waals surface area (Å²) in [5.41, 5.74) is 2.69. The highest BCUT2D eigenvalue weighted by Crippen LogP contribution is 2.21. The van der Waals surface area contributed by atoms with E-state index >= 15 is 0 Å². The maximum absolute atomic E-state index is 12.5. The van der Waals surface area contributed by atoms with E-state index < -0.39 is 0 Å². The van der Waals surface area contributed by atoms with Crippen LogP contribution in [-0.4, -0.2) is 25.8 Å². The number of aromatic nitrogens is 4. The number of nitrogens with zero attached hydrogens (tertiary/aromatic N) is 4. The zero-order chi connectivity index (χ0) is 18.5. The van der Waals surface area contributed by atoms with Gasteiger partial charge in [0.15, 0.2) is 0 Å². The van der Waals surface area contributed by atoms with Crippen molar-refractivity contribution in [3.8, 4) is 0 Å². The van der Waals surface area contributed by atoms with Gasteiger partial charge in [-0.2, -0.15) is 0 Å². The molecule has 0 bridgehead atoms. The standard InChI is InChI=1S/C20H16N6O/c27-20(26-16-5-1-3-15-4-2-8-22-19(15)16)17-12-25-18(13-23-17)24-11-14-6-9-21-10-7-14/h1-10,12-13H,11H2,(H,24,25)(H,26,27). The smallest absolute Gasteiger partial charge is 0.275 e. The molecule has 0 saturated heterocycles. The summed E-state index contributed by atoms with van der Waals surface area (Å²) >= 11 is 0. The Labute approximate surface area is 155 Å². The van der Waals surface area contributed by atoms with Gasteiger partial charge in [-0.25, -0.2) is 9.97 Å². The first-order valence-corrected chi connectivity index (χ1v) is 8.39. The minimum Gasteiger partial charge on any atom is -0.365 e. The number of carbonyl (C=O) groups excluding carboxylic acids is 1. The molecule has 4 aromatic rings. The van der Waals surface area contributed by atoms with Gasteiger partial charge in [-0.15, -0.1) is 0 Å². The lowest BCUT2D eigenvalue weighted by Crippen LogP contribution is -2.15. The number of benzene rings is 1. The molecule has 0 unspecified atom stereocenters. The lowest BCUT2D eigenvalue weighted by molar-refractivity contribution is 0.102. The molecular weight excluding hydrogens is 340 g/mol. The van der Waals surface area contributed by atoms with E-state index in [0.29, 0.717) is 18.1 Å². The first-order chi connectivity index (χ1) is 13.3. The van der Waals surface area contributed by atoms with Crippen molar-refractivity contribution in [1.29, 1.82) is 0 Å². The first-order valence-electron chi connectivity index (χ1n) is 8.39. The van der Waals surface area contributed by atoms with Gasteiger partial charge in [0.25, 0.3) is 5.91 Å². The number of hydrogen-bond acceptors (Lipinski definition) is 6. The molecule has 3 aromatic heterocycles. The Balaban J connectivity index is 1.44. The van der Waals surface area contributed by atoms with Crippen LogP contribution < -0.4 is 10.6 Å². The van der Waals surface area contributed by atoms with Crippen molar-refractivity contribution < 1.29 is 4.79 Å². The Morgan fingerprint density at radius 2 is 1.74 bits per heavy atom. The van der Waals surface area contributed by atoms with Gasteiger partial charge in [0.05, 0.1) is 23.6 Å². The minimum absolute atomic E-state index is 0.234. The summed E-state index contributed by atoms with van der Waals surface area (Å²) in [6.45, 7) is 0.602. The summed E-state index contributed by atoms with van der Waals surface area (Å²) in [5, 5.41) is 6.96. The molecule has 7 nitrogen and oxygen atoms in total. The molecule has 2 N–H and O–H groups in total. The lowest BCUT2D eigenvalue weighted by Gasteiger charge is -2.08. The number of hydrogen-bond donors (Lipinski definition) is 2. The van der Waals surface area contributed by atoms with E-state index in [4.69, 9.17) is 0 Å². The van der Waals surface area contributed by atoms with Crippen molar-refractivity contribution in [3.05, 3.63) is 84.7 Å². The summed E-state index contributed by atoms with van der Waals surface area (Å²) in [5.74, 6) is 0.261. The summed E-state index contributed by atoms with van der Waals surface area (Å²) in [6, 6.07) is 13.3. The van der Waals surface area contributed by atoms with Crippen LogP contribution in [0.15, 0.2) is 73.4 Å². The largest absolute Gasteiger partial charge is 0.365 e. The van der Waals surface area contributed by atoms with Gasteiger partial charge >= 0.3 is 0 Å². The molecule has 1 amide bonds. The van der Waals surface area contributed by atoms with E-state index in [2.05, 4.69) is 30.6 Å². The number of para-hydroxylation sites is 1. The number of nitrogens with one attached hydrogen (secondary N) is 2. The van der Waals surface area contributed by atoms with Gasteiger partial charge in [0.1, 0.15) is 11.5 Å². The Hall–Kier alpha value is -3.87. The molecule has 0 saturated carbocycles. The normalized spacial score (nSPS) is 10.5. The van der Waals surface area contributed by atoms with E-state index in [1.165, 1.54) is 12.4 Å². The topological polar surface area (TPSA) is 92.7 Å². The average molecular weight is 356 g/mol. The molecule has 0 spiro atoms. The van der Waals surface area contributed by atoms with E-state index in [1.54, 1.807) is 18.6 Å². The molecule has 27 heavy (non-hydrogen) atoms. The molecule has 4 rings (SSSR count). The number of carbonyl (C=O) groups is 1. The van der Waals surface area contributed by atoms with Crippen LogP contribution >= 0.6 is 0 Å². The third-order valence-corrected chi connectivity index (χ3v) is 3.99. The number of amides is 1. The molecule has 0 aliphatic heterocycles. The zero-order valence-corrected chi connectivity index (χ0v) is 14.3.